The molecule has 1 atom stereocenters. The van der Waals surface area contributed by atoms with Crippen LogP contribution in [0.5, 0.6) is 0 Å². The zero-order valence-corrected chi connectivity index (χ0v) is 9.93. The van der Waals surface area contributed by atoms with Gasteiger partial charge in [-0.15, -0.1) is 0 Å². The Hall–Kier alpha value is 0.400. The second-order valence-electron chi connectivity index (χ2n) is 3.82. The fourth-order valence-electron chi connectivity index (χ4n) is 1.85. The smallest absolute Gasteiger partial charge is 0.189 e. The van der Waals surface area contributed by atoms with Gasteiger partial charge in [0.15, 0.2) is 6.23 Å². The Morgan fingerprint density at radius 3 is 2.08 bits per heavy atom. The molecule has 0 bridgehead atoms. The number of rotatable bonds is 2. The summed E-state index contributed by atoms with van der Waals surface area (Å²) in [6.45, 7) is 4.75. The highest BCUT2D eigenvalue weighted by Crippen LogP contribution is 2.19. The predicted molar refractivity (Wildman–Crippen MR) is 46.2 cm³/mol. The second-order valence-corrected chi connectivity index (χ2v) is 3.82. The van der Waals surface area contributed by atoms with E-state index in [-0.39, 0.29) is 17.0 Å². The van der Waals surface area contributed by atoms with Gasteiger partial charge in [-0.2, -0.15) is 0 Å². The number of ether oxygens (including phenoxy) is 1. The van der Waals surface area contributed by atoms with E-state index in [2.05, 4.69) is 14.0 Å². The summed E-state index contributed by atoms with van der Waals surface area (Å²) in [5.74, 6) is 0. The largest absolute Gasteiger partial charge is 1.00 e. The van der Waals surface area contributed by atoms with Gasteiger partial charge in [-0.05, 0) is 19.3 Å². The minimum absolute atomic E-state index is 0. The van der Waals surface area contributed by atoms with E-state index in [0.29, 0.717) is 6.23 Å². The van der Waals surface area contributed by atoms with Crippen LogP contribution in [0.1, 0.15) is 26.2 Å². The third kappa shape index (κ3) is 2.71. The van der Waals surface area contributed by atoms with E-state index >= 15 is 0 Å². The Morgan fingerprint density at radius 2 is 1.67 bits per heavy atom. The summed E-state index contributed by atoms with van der Waals surface area (Å²) >= 11 is 0. The molecule has 1 saturated heterocycles. The molecule has 0 aromatic rings. The van der Waals surface area contributed by atoms with Gasteiger partial charge in [-0.3, -0.25) is 0 Å². The van der Waals surface area contributed by atoms with Crippen LogP contribution in [0.2, 0.25) is 0 Å². The van der Waals surface area contributed by atoms with Gasteiger partial charge < -0.3 is 26.2 Å². The lowest BCUT2D eigenvalue weighted by Gasteiger charge is -2.41. The van der Waals surface area contributed by atoms with Crippen molar-refractivity contribution >= 4 is 0 Å². The van der Waals surface area contributed by atoms with Gasteiger partial charge in [-0.25, -0.2) is 0 Å². The van der Waals surface area contributed by atoms with Gasteiger partial charge in [0.2, 0.25) is 0 Å². The minimum atomic E-state index is 0. The number of methoxy groups -OCH3 is 1. The second kappa shape index (κ2) is 5.20. The van der Waals surface area contributed by atoms with Crippen LogP contribution >= 0.6 is 0 Å². The first kappa shape index (κ1) is 12.4. The van der Waals surface area contributed by atoms with Crippen molar-refractivity contribution in [3.05, 3.63) is 0 Å². The first-order chi connectivity index (χ1) is 5.19. The highest BCUT2D eigenvalue weighted by molar-refractivity contribution is 4.52. The normalized spacial score (nSPS) is 24.2. The van der Waals surface area contributed by atoms with Crippen molar-refractivity contribution in [2.45, 2.75) is 32.4 Å². The van der Waals surface area contributed by atoms with Crippen molar-refractivity contribution in [3.63, 3.8) is 0 Å². The van der Waals surface area contributed by atoms with Crippen LogP contribution in [-0.2, 0) is 4.74 Å². The molecule has 0 N–H and O–H groups in total. The zero-order valence-electron chi connectivity index (χ0n) is 8.35. The first-order valence-electron chi connectivity index (χ1n) is 4.56. The Balaban J connectivity index is 0.00000121. The lowest BCUT2D eigenvalue weighted by atomic mass is 10.1. The summed E-state index contributed by atoms with van der Waals surface area (Å²) in [6.07, 6.45) is 4.51. The van der Waals surface area contributed by atoms with Gasteiger partial charge in [0.1, 0.15) is 0 Å². The van der Waals surface area contributed by atoms with E-state index in [4.69, 9.17) is 4.74 Å². The van der Waals surface area contributed by atoms with E-state index in [1.165, 1.54) is 32.4 Å². The Kier molecular flexibility index (Phi) is 5.37. The van der Waals surface area contributed by atoms with Gasteiger partial charge in [0.25, 0.3) is 0 Å². The summed E-state index contributed by atoms with van der Waals surface area (Å²) in [7, 11) is 4.11. The maximum absolute atomic E-state index is 5.36. The molecule has 0 radical (unpaired) electrons. The number of likely N-dealkylation sites (tertiary alicyclic amines) is 1. The Labute approximate surface area is 86.2 Å². The molecule has 2 nitrogen and oxygen atoms in total. The lowest BCUT2D eigenvalue weighted by molar-refractivity contribution is -0.956. The summed E-state index contributed by atoms with van der Waals surface area (Å²) < 4.78 is 6.47. The maximum atomic E-state index is 5.36. The molecular weight excluding hydrogens is 218 g/mol. The highest BCUT2D eigenvalue weighted by Gasteiger charge is 2.30. The molecule has 1 aliphatic heterocycles. The molecule has 3 heteroatoms. The monoisotopic (exact) mass is 237 g/mol. The highest BCUT2D eigenvalue weighted by atomic mass is 79.9. The molecule has 1 unspecified atom stereocenters. The fraction of sp³-hybridized carbons (Fsp3) is 1.00. The standard InChI is InChI=1S/C9H20NO.BrH/c1-9(11-3)10(2)7-5-4-6-8-10;/h9H,4-8H2,1-3H3;1H/q+1;/p-1. The molecule has 0 amide bonds. The predicted octanol–water partition coefficient (Wildman–Crippen LogP) is -1.39. The molecule has 74 valence electrons. The Morgan fingerprint density at radius 1 is 1.17 bits per heavy atom. The molecule has 0 spiro atoms. The lowest BCUT2D eigenvalue weighted by Crippen LogP contribution is -3.00. The fourth-order valence-corrected chi connectivity index (χ4v) is 1.85. The quantitative estimate of drug-likeness (QED) is 0.538. The van der Waals surface area contributed by atoms with E-state index in [1.54, 1.807) is 0 Å². The molecule has 0 saturated carbocycles. The van der Waals surface area contributed by atoms with Crippen LogP contribution < -0.4 is 17.0 Å². The van der Waals surface area contributed by atoms with Crippen molar-refractivity contribution in [2.24, 2.45) is 0 Å². The van der Waals surface area contributed by atoms with Crippen LogP contribution in [-0.4, -0.2) is 38.0 Å². The van der Waals surface area contributed by atoms with Crippen LogP contribution in [0.3, 0.4) is 0 Å². The maximum Gasteiger partial charge on any atom is 0.189 e. The summed E-state index contributed by atoms with van der Waals surface area (Å²) in [4.78, 5) is 0. The summed E-state index contributed by atoms with van der Waals surface area (Å²) in [6, 6.07) is 0. The molecule has 0 aromatic heterocycles. The number of hydrogen-bond donors (Lipinski definition) is 0. The van der Waals surface area contributed by atoms with Crippen molar-refractivity contribution < 1.29 is 26.2 Å². The molecular formula is C9H20BrNO. The van der Waals surface area contributed by atoms with E-state index in [0.717, 1.165) is 4.48 Å². The molecule has 1 rings (SSSR count). The van der Waals surface area contributed by atoms with Crippen molar-refractivity contribution in [1.29, 1.82) is 0 Å². The Bertz CT molecular complexity index is 124. The number of halogens is 1. The number of nitrogens with zero attached hydrogens (tertiary/aromatic N) is 1. The van der Waals surface area contributed by atoms with Gasteiger partial charge in [0.05, 0.1) is 20.1 Å². The van der Waals surface area contributed by atoms with E-state index in [1.807, 2.05) is 7.11 Å². The van der Waals surface area contributed by atoms with Crippen molar-refractivity contribution in [3.8, 4) is 0 Å². The molecule has 1 heterocycles. The number of piperidine rings is 1. The average molecular weight is 238 g/mol. The van der Waals surface area contributed by atoms with Crippen LogP contribution in [0.25, 0.3) is 0 Å². The van der Waals surface area contributed by atoms with Gasteiger partial charge in [-0.1, -0.05) is 0 Å². The van der Waals surface area contributed by atoms with Crippen LogP contribution in [0.15, 0.2) is 0 Å². The zero-order chi connectivity index (χ0) is 8.32. The third-order valence-corrected chi connectivity index (χ3v) is 3.06. The molecule has 0 aliphatic carbocycles. The van der Waals surface area contributed by atoms with Gasteiger partial charge >= 0.3 is 0 Å². The van der Waals surface area contributed by atoms with Gasteiger partial charge in [0, 0.05) is 14.0 Å². The first-order valence-corrected chi connectivity index (χ1v) is 4.56. The minimum Gasteiger partial charge on any atom is -1.00 e. The average Bonchev–Trinajstić information content (AvgIpc) is 2.04. The van der Waals surface area contributed by atoms with Crippen LogP contribution in [0, 0.1) is 0 Å². The summed E-state index contributed by atoms with van der Waals surface area (Å²) in [5.41, 5.74) is 0. The van der Waals surface area contributed by atoms with Crippen LogP contribution in [0.4, 0.5) is 0 Å². The SMILES string of the molecule is COC(C)[N+]1(C)CCCCC1.[Br-]. The van der Waals surface area contributed by atoms with Crippen molar-refractivity contribution in [1.82, 2.24) is 0 Å². The van der Waals surface area contributed by atoms with Crippen molar-refractivity contribution in [2.75, 3.05) is 27.2 Å². The number of hydrogen-bond acceptors (Lipinski definition) is 1. The number of quaternary nitrogens is 1. The topological polar surface area (TPSA) is 9.23 Å². The molecule has 1 fully saturated rings. The molecule has 12 heavy (non-hydrogen) atoms. The third-order valence-electron chi connectivity index (χ3n) is 3.06. The van der Waals surface area contributed by atoms with E-state index < -0.39 is 0 Å². The molecule has 0 aromatic carbocycles. The molecule has 1 aliphatic rings. The van der Waals surface area contributed by atoms with E-state index in [9.17, 15) is 0 Å². The summed E-state index contributed by atoms with van der Waals surface area (Å²) in [5, 5.41) is 0.